The second-order valence-corrected chi connectivity index (χ2v) is 6.75. The Morgan fingerprint density at radius 2 is 2.12 bits per heavy atom. The first-order valence-corrected chi connectivity index (χ1v) is 8.72. The van der Waals surface area contributed by atoms with Crippen molar-refractivity contribution in [1.29, 1.82) is 0 Å². The summed E-state index contributed by atoms with van der Waals surface area (Å²) < 4.78 is 7.65. The van der Waals surface area contributed by atoms with Gasteiger partial charge in [0.15, 0.2) is 0 Å². The number of aromatic nitrogens is 2. The molecule has 0 amide bonds. The summed E-state index contributed by atoms with van der Waals surface area (Å²) in [5, 5.41) is 8.18. The van der Waals surface area contributed by atoms with E-state index in [0.717, 1.165) is 37.6 Å². The molecule has 3 rings (SSSR count). The first-order chi connectivity index (χ1) is 11.6. The zero-order chi connectivity index (χ0) is 17.1. The predicted octanol–water partition coefficient (Wildman–Crippen LogP) is 2.93. The lowest BCUT2D eigenvalue weighted by Crippen LogP contribution is -2.45. The van der Waals surface area contributed by atoms with Crippen molar-refractivity contribution in [3.05, 3.63) is 47.3 Å². The van der Waals surface area contributed by atoms with Gasteiger partial charge in [-0.25, -0.2) is 0 Å². The van der Waals surface area contributed by atoms with E-state index in [0.29, 0.717) is 12.1 Å². The lowest BCUT2D eigenvalue weighted by molar-refractivity contribution is 0.150. The highest BCUT2D eigenvalue weighted by molar-refractivity contribution is 5.36. The number of ether oxygens (including phenoxy) is 1. The first-order valence-electron chi connectivity index (χ1n) is 8.72. The predicted molar refractivity (Wildman–Crippen MR) is 96.4 cm³/mol. The number of nitrogens with one attached hydrogen (secondary N) is 1. The van der Waals surface area contributed by atoms with Crippen molar-refractivity contribution in [2.24, 2.45) is 0 Å². The van der Waals surface area contributed by atoms with E-state index in [1.807, 2.05) is 12.1 Å². The quantitative estimate of drug-likeness (QED) is 0.916. The van der Waals surface area contributed by atoms with Crippen LogP contribution in [0.15, 0.2) is 30.5 Å². The van der Waals surface area contributed by atoms with Gasteiger partial charge in [0, 0.05) is 49.5 Å². The number of hydrogen-bond donors (Lipinski definition) is 1. The van der Waals surface area contributed by atoms with Crippen LogP contribution in [0.5, 0.6) is 5.75 Å². The third kappa shape index (κ3) is 3.47. The lowest BCUT2D eigenvalue weighted by atomic mass is 10.0. The molecular weight excluding hydrogens is 300 g/mol. The van der Waals surface area contributed by atoms with Crippen LogP contribution < -0.4 is 10.1 Å². The molecule has 0 spiro atoms. The molecule has 5 nitrogen and oxygen atoms in total. The third-order valence-corrected chi connectivity index (χ3v) is 4.77. The number of methoxy groups -OCH3 is 1. The van der Waals surface area contributed by atoms with Gasteiger partial charge in [0.2, 0.25) is 0 Å². The van der Waals surface area contributed by atoms with E-state index < -0.39 is 0 Å². The molecule has 2 aromatic rings. The molecule has 0 bridgehead atoms. The summed E-state index contributed by atoms with van der Waals surface area (Å²) in [4.78, 5) is 2.53. The SMILES string of the molecule is COc1ccccc1C1CNCCN1Cc1cn(C(C)C)nc1C. The van der Waals surface area contributed by atoms with Crippen LogP contribution >= 0.6 is 0 Å². The topological polar surface area (TPSA) is 42.3 Å². The molecule has 1 aromatic carbocycles. The van der Waals surface area contributed by atoms with E-state index >= 15 is 0 Å². The number of para-hydroxylation sites is 1. The van der Waals surface area contributed by atoms with Crippen molar-refractivity contribution in [2.45, 2.75) is 39.4 Å². The Kier molecular flexibility index (Phi) is 5.21. The molecule has 1 saturated heterocycles. The van der Waals surface area contributed by atoms with Gasteiger partial charge in [-0.3, -0.25) is 9.58 Å². The normalized spacial score (nSPS) is 19.0. The summed E-state index contributed by atoms with van der Waals surface area (Å²) in [5.41, 5.74) is 3.69. The standard InChI is InChI=1S/C19H28N4O/c1-14(2)23-13-16(15(3)21-23)12-22-10-9-20-11-18(22)17-7-5-6-8-19(17)24-4/h5-8,13-14,18,20H,9-12H2,1-4H3. The fraction of sp³-hybridized carbons (Fsp3) is 0.526. The molecular formula is C19H28N4O. The smallest absolute Gasteiger partial charge is 0.123 e. The second-order valence-electron chi connectivity index (χ2n) is 6.75. The summed E-state index contributed by atoms with van der Waals surface area (Å²) in [6.07, 6.45) is 2.20. The number of aryl methyl sites for hydroxylation is 1. The molecule has 0 saturated carbocycles. The maximum atomic E-state index is 5.59. The second kappa shape index (κ2) is 7.36. The summed E-state index contributed by atoms with van der Waals surface area (Å²) in [6.45, 7) is 10.3. The first kappa shape index (κ1) is 17.0. The van der Waals surface area contributed by atoms with Gasteiger partial charge in [0.1, 0.15) is 5.75 Å². The molecule has 1 unspecified atom stereocenters. The van der Waals surface area contributed by atoms with Crippen molar-refractivity contribution < 1.29 is 4.74 Å². The van der Waals surface area contributed by atoms with Crippen molar-refractivity contribution in [1.82, 2.24) is 20.0 Å². The molecule has 1 aromatic heterocycles. The lowest BCUT2D eigenvalue weighted by Gasteiger charge is -2.37. The summed E-state index contributed by atoms with van der Waals surface area (Å²) in [7, 11) is 1.75. The minimum Gasteiger partial charge on any atom is -0.496 e. The molecule has 1 N–H and O–H groups in total. The Morgan fingerprint density at radius 1 is 1.33 bits per heavy atom. The fourth-order valence-corrected chi connectivity index (χ4v) is 3.34. The number of rotatable bonds is 5. The van der Waals surface area contributed by atoms with Crippen LogP contribution in [-0.2, 0) is 6.54 Å². The average molecular weight is 328 g/mol. The Hall–Kier alpha value is -1.85. The van der Waals surface area contributed by atoms with Gasteiger partial charge >= 0.3 is 0 Å². The van der Waals surface area contributed by atoms with E-state index in [2.05, 4.69) is 59.1 Å². The van der Waals surface area contributed by atoms with Gasteiger partial charge in [-0.2, -0.15) is 5.10 Å². The van der Waals surface area contributed by atoms with Gasteiger partial charge < -0.3 is 10.1 Å². The van der Waals surface area contributed by atoms with Gasteiger partial charge in [-0.05, 0) is 26.8 Å². The van der Waals surface area contributed by atoms with E-state index in [1.54, 1.807) is 7.11 Å². The number of piperazine rings is 1. The van der Waals surface area contributed by atoms with Crippen LogP contribution in [0, 0.1) is 6.92 Å². The Bertz CT molecular complexity index is 680. The molecule has 1 aliphatic rings. The Balaban J connectivity index is 1.85. The van der Waals surface area contributed by atoms with Crippen LogP contribution in [0.3, 0.4) is 0 Å². The molecule has 1 atom stereocenters. The highest BCUT2D eigenvalue weighted by Crippen LogP contribution is 2.31. The number of benzene rings is 1. The van der Waals surface area contributed by atoms with Crippen molar-refractivity contribution in [3.63, 3.8) is 0 Å². The van der Waals surface area contributed by atoms with Gasteiger partial charge in [-0.1, -0.05) is 18.2 Å². The fourth-order valence-electron chi connectivity index (χ4n) is 3.34. The molecule has 0 radical (unpaired) electrons. The molecule has 24 heavy (non-hydrogen) atoms. The van der Waals surface area contributed by atoms with E-state index in [-0.39, 0.29) is 0 Å². The van der Waals surface area contributed by atoms with Crippen LogP contribution in [0.2, 0.25) is 0 Å². The highest BCUT2D eigenvalue weighted by atomic mass is 16.5. The van der Waals surface area contributed by atoms with Crippen LogP contribution in [-0.4, -0.2) is 41.4 Å². The largest absolute Gasteiger partial charge is 0.496 e. The number of hydrogen-bond acceptors (Lipinski definition) is 4. The number of nitrogens with zero attached hydrogens (tertiary/aromatic N) is 3. The molecule has 5 heteroatoms. The van der Waals surface area contributed by atoms with Crippen LogP contribution in [0.4, 0.5) is 0 Å². The highest BCUT2D eigenvalue weighted by Gasteiger charge is 2.27. The van der Waals surface area contributed by atoms with Gasteiger partial charge in [0.05, 0.1) is 18.8 Å². The molecule has 1 aliphatic heterocycles. The van der Waals surface area contributed by atoms with E-state index in [9.17, 15) is 0 Å². The van der Waals surface area contributed by atoms with Crippen molar-refractivity contribution in [3.8, 4) is 5.75 Å². The summed E-state index contributed by atoms with van der Waals surface area (Å²) in [6, 6.07) is 9.05. The minimum atomic E-state index is 0.316. The van der Waals surface area contributed by atoms with Gasteiger partial charge in [-0.15, -0.1) is 0 Å². The van der Waals surface area contributed by atoms with Crippen molar-refractivity contribution in [2.75, 3.05) is 26.7 Å². The summed E-state index contributed by atoms with van der Waals surface area (Å²) in [5.74, 6) is 0.964. The Morgan fingerprint density at radius 3 is 2.83 bits per heavy atom. The monoisotopic (exact) mass is 328 g/mol. The van der Waals surface area contributed by atoms with Crippen LogP contribution in [0.1, 0.15) is 42.8 Å². The Labute approximate surface area is 144 Å². The zero-order valence-electron chi connectivity index (χ0n) is 15.1. The molecule has 2 heterocycles. The van der Waals surface area contributed by atoms with E-state index in [1.165, 1.54) is 11.1 Å². The maximum Gasteiger partial charge on any atom is 0.123 e. The van der Waals surface area contributed by atoms with Gasteiger partial charge in [0.25, 0.3) is 0 Å². The maximum absolute atomic E-state index is 5.59. The molecule has 130 valence electrons. The minimum absolute atomic E-state index is 0.316. The molecule has 1 fully saturated rings. The van der Waals surface area contributed by atoms with Crippen molar-refractivity contribution >= 4 is 0 Å². The van der Waals surface area contributed by atoms with E-state index in [4.69, 9.17) is 4.74 Å². The molecule has 0 aliphatic carbocycles. The zero-order valence-corrected chi connectivity index (χ0v) is 15.1. The summed E-state index contributed by atoms with van der Waals surface area (Å²) >= 11 is 0. The van der Waals surface area contributed by atoms with Crippen LogP contribution in [0.25, 0.3) is 0 Å². The average Bonchev–Trinajstić information content (AvgIpc) is 2.96. The third-order valence-electron chi connectivity index (χ3n) is 4.77.